The molecule has 1 saturated heterocycles. The molecule has 1 spiro atoms. The van der Waals surface area contributed by atoms with E-state index in [4.69, 9.17) is 0 Å². The summed E-state index contributed by atoms with van der Waals surface area (Å²) in [4.78, 5) is 10.1. The Morgan fingerprint density at radius 1 is 1.27 bits per heavy atom. The number of aromatic amines is 1. The number of H-pyrrole nitrogens is 1. The van der Waals surface area contributed by atoms with Gasteiger partial charge in [-0.25, -0.2) is 13.4 Å². The third-order valence-corrected chi connectivity index (χ3v) is 7.35. The average molecular weight is 379 g/mol. The number of imidazole rings is 1. The molecule has 2 aliphatic rings. The van der Waals surface area contributed by atoms with Crippen LogP contribution >= 0.6 is 0 Å². The first kappa shape index (κ1) is 17.7. The van der Waals surface area contributed by atoms with Gasteiger partial charge in [-0.3, -0.25) is 9.58 Å². The molecule has 26 heavy (non-hydrogen) atoms. The van der Waals surface area contributed by atoms with Crippen LogP contribution in [0.1, 0.15) is 35.5 Å². The monoisotopic (exact) mass is 378 g/mol. The highest BCUT2D eigenvalue weighted by Gasteiger charge is 2.50. The summed E-state index contributed by atoms with van der Waals surface area (Å²) in [5.41, 5.74) is 3.90. The zero-order valence-electron chi connectivity index (χ0n) is 15.6. The van der Waals surface area contributed by atoms with Gasteiger partial charge in [-0.05, 0) is 19.8 Å². The summed E-state index contributed by atoms with van der Waals surface area (Å²) in [6, 6.07) is 0. The van der Waals surface area contributed by atoms with Crippen LogP contribution in [0, 0.1) is 6.92 Å². The first-order chi connectivity index (χ1) is 12.3. The number of hydrogen-bond acceptors (Lipinski definition) is 5. The van der Waals surface area contributed by atoms with Crippen LogP contribution in [0.25, 0.3) is 0 Å². The van der Waals surface area contributed by atoms with E-state index in [-0.39, 0.29) is 0 Å². The van der Waals surface area contributed by atoms with Crippen molar-refractivity contribution in [2.45, 2.75) is 38.3 Å². The smallest absolute Gasteiger partial charge is 0.212 e. The van der Waals surface area contributed by atoms with Crippen LogP contribution in [0.3, 0.4) is 0 Å². The summed E-state index contributed by atoms with van der Waals surface area (Å²) in [5, 5.41) is 4.32. The van der Waals surface area contributed by atoms with Gasteiger partial charge in [0.25, 0.3) is 0 Å². The molecule has 0 aliphatic carbocycles. The minimum Gasteiger partial charge on any atom is -0.348 e. The van der Waals surface area contributed by atoms with Crippen LogP contribution in [0.15, 0.2) is 12.5 Å². The lowest BCUT2D eigenvalue weighted by Crippen LogP contribution is -2.57. The van der Waals surface area contributed by atoms with Gasteiger partial charge in [-0.2, -0.15) is 9.40 Å². The molecule has 142 valence electrons. The van der Waals surface area contributed by atoms with Gasteiger partial charge in [0.1, 0.15) is 0 Å². The van der Waals surface area contributed by atoms with E-state index in [1.807, 2.05) is 17.9 Å². The molecule has 0 saturated carbocycles. The largest absolute Gasteiger partial charge is 0.348 e. The van der Waals surface area contributed by atoms with Crippen LogP contribution in [0.5, 0.6) is 0 Å². The fourth-order valence-corrected chi connectivity index (χ4v) is 5.78. The van der Waals surface area contributed by atoms with E-state index < -0.39 is 15.6 Å². The summed E-state index contributed by atoms with van der Waals surface area (Å²) in [5.74, 6) is 0. The third-order valence-electron chi connectivity index (χ3n) is 6.02. The van der Waals surface area contributed by atoms with Gasteiger partial charge in [0.15, 0.2) is 0 Å². The van der Waals surface area contributed by atoms with Gasteiger partial charge < -0.3 is 4.98 Å². The number of likely N-dealkylation sites (tertiary alicyclic amines) is 1. The highest BCUT2D eigenvalue weighted by atomic mass is 32.2. The number of aryl methyl sites for hydroxylation is 1. The quantitative estimate of drug-likeness (QED) is 0.852. The van der Waals surface area contributed by atoms with Crippen molar-refractivity contribution in [2.24, 2.45) is 7.05 Å². The van der Waals surface area contributed by atoms with Crippen LogP contribution in [0.4, 0.5) is 0 Å². The van der Waals surface area contributed by atoms with Crippen LogP contribution in [-0.4, -0.2) is 63.3 Å². The maximum absolute atomic E-state index is 12.5. The van der Waals surface area contributed by atoms with E-state index in [0.717, 1.165) is 43.9 Å². The SMILES string of the molecule is Cc1c(CN2CCC3(CC2)c2nc[nH]c2CCN3S(C)(=O)=O)cnn1C. The molecule has 4 heterocycles. The molecule has 0 amide bonds. The number of sulfonamides is 1. The van der Waals surface area contributed by atoms with E-state index in [1.54, 1.807) is 10.6 Å². The molecule has 0 radical (unpaired) electrons. The minimum atomic E-state index is -3.29. The first-order valence-electron chi connectivity index (χ1n) is 9.02. The summed E-state index contributed by atoms with van der Waals surface area (Å²) >= 11 is 0. The van der Waals surface area contributed by atoms with E-state index in [0.29, 0.717) is 13.0 Å². The zero-order chi connectivity index (χ0) is 18.5. The van der Waals surface area contributed by atoms with Crippen molar-refractivity contribution < 1.29 is 8.42 Å². The summed E-state index contributed by atoms with van der Waals surface area (Å²) in [6.07, 6.45) is 7.16. The molecule has 1 N–H and O–H groups in total. The lowest BCUT2D eigenvalue weighted by atomic mass is 9.80. The Bertz CT molecular complexity index is 908. The summed E-state index contributed by atoms with van der Waals surface area (Å²) in [7, 11) is -1.33. The van der Waals surface area contributed by atoms with E-state index >= 15 is 0 Å². The second-order valence-corrected chi connectivity index (χ2v) is 9.41. The molecular formula is C17H26N6O2S. The van der Waals surface area contributed by atoms with Gasteiger partial charge in [0.2, 0.25) is 10.0 Å². The average Bonchev–Trinajstić information content (AvgIpc) is 3.19. The molecule has 2 aliphatic heterocycles. The summed E-state index contributed by atoms with van der Waals surface area (Å²) < 4.78 is 28.5. The highest BCUT2D eigenvalue weighted by molar-refractivity contribution is 7.88. The Kier molecular flexibility index (Phi) is 4.20. The maximum Gasteiger partial charge on any atom is 0.212 e. The molecule has 4 rings (SSSR count). The zero-order valence-corrected chi connectivity index (χ0v) is 16.4. The van der Waals surface area contributed by atoms with Gasteiger partial charge in [0, 0.05) is 56.6 Å². The van der Waals surface area contributed by atoms with Gasteiger partial charge in [-0.1, -0.05) is 0 Å². The molecule has 0 atom stereocenters. The lowest BCUT2D eigenvalue weighted by molar-refractivity contribution is 0.0603. The molecule has 9 heteroatoms. The second-order valence-electron chi connectivity index (χ2n) is 7.50. The number of fused-ring (bicyclic) bond motifs is 2. The number of hydrogen-bond donors (Lipinski definition) is 1. The van der Waals surface area contributed by atoms with Crippen LogP contribution < -0.4 is 0 Å². The Morgan fingerprint density at radius 2 is 2.00 bits per heavy atom. The lowest BCUT2D eigenvalue weighted by Gasteiger charge is -2.49. The molecule has 2 aromatic heterocycles. The van der Waals surface area contributed by atoms with Crippen molar-refractivity contribution in [3.8, 4) is 0 Å². The van der Waals surface area contributed by atoms with Crippen molar-refractivity contribution in [3.05, 3.63) is 35.2 Å². The second kappa shape index (κ2) is 6.17. The predicted octanol–water partition coefficient (Wildman–Crippen LogP) is 0.761. The van der Waals surface area contributed by atoms with E-state index in [1.165, 1.54) is 17.5 Å². The molecule has 0 unspecified atom stereocenters. The third kappa shape index (κ3) is 2.78. The number of piperidine rings is 1. The molecule has 2 aromatic rings. The number of nitrogens with one attached hydrogen (secondary N) is 1. The molecule has 1 fully saturated rings. The first-order valence-corrected chi connectivity index (χ1v) is 10.9. The molecule has 0 bridgehead atoms. The summed E-state index contributed by atoms with van der Waals surface area (Å²) in [6.45, 7) is 5.13. The number of rotatable bonds is 3. The molecular weight excluding hydrogens is 352 g/mol. The van der Waals surface area contributed by atoms with E-state index in [2.05, 4.69) is 26.9 Å². The highest BCUT2D eigenvalue weighted by Crippen LogP contribution is 2.43. The van der Waals surface area contributed by atoms with Gasteiger partial charge in [-0.15, -0.1) is 0 Å². The fourth-order valence-electron chi connectivity index (χ4n) is 4.45. The van der Waals surface area contributed by atoms with Crippen molar-refractivity contribution in [1.82, 2.24) is 29.0 Å². The van der Waals surface area contributed by atoms with Crippen molar-refractivity contribution in [3.63, 3.8) is 0 Å². The van der Waals surface area contributed by atoms with Crippen LogP contribution in [0.2, 0.25) is 0 Å². The number of nitrogens with zero attached hydrogens (tertiary/aromatic N) is 5. The van der Waals surface area contributed by atoms with Gasteiger partial charge >= 0.3 is 0 Å². The van der Waals surface area contributed by atoms with Crippen molar-refractivity contribution >= 4 is 10.0 Å². The standard InChI is InChI=1S/C17H26N6O2S/c1-13-14(10-20-21(13)2)11-22-8-5-17(6-9-22)16-15(18-12-19-16)4-7-23(17)26(3,24)25/h10,12H,4-9,11H2,1-3H3,(H,18,19). The fraction of sp³-hybridized carbons (Fsp3) is 0.647. The Labute approximate surface area is 154 Å². The molecule has 0 aromatic carbocycles. The number of aromatic nitrogens is 4. The Morgan fingerprint density at radius 3 is 2.62 bits per heavy atom. The Balaban J connectivity index is 1.58. The topological polar surface area (TPSA) is 87.1 Å². The Hall–Kier alpha value is -1.71. The van der Waals surface area contributed by atoms with Gasteiger partial charge in [0.05, 0.1) is 30.0 Å². The van der Waals surface area contributed by atoms with E-state index in [9.17, 15) is 8.42 Å². The van der Waals surface area contributed by atoms with Crippen molar-refractivity contribution in [2.75, 3.05) is 25.9 Å². The normalized spacial score (nSPS) is 21.2. The minimum absolute atomic E-state index is 0.512. The van der Waals surface area contributed by atoms with Crippen LogP contribution in [-0.2, 0) is 35.6 Å². The molecule has 8 nitrogen and oxygen atoms in total. The van der Waals surface area contributed by atoms with Crippen molar-refractivity contribution in [1.29, 1.82) is 0 Å². The maximum atomic E-state index is 12.5. The predicted molar refractivity (Wildman–Crippen MR) is 98.0 cm³/mol.